The molecule has 26 heavy (non-hydrogen) atoms. The van der Waals surface area contributed by atoms with Crippen LogP contribution in [0.3, 0.4) is 0 Å². The maximum atomic E-state index is 11.3. The first-order valence-electron chi connectivity index (χ1n) is 8.49. The van der Waals surface area contributed by atoms with Gasteiger partial charge in [0.25, 0.3) is 0 Å². The van der Waals surface area contributed by atoms with Gasteiger partial charge in [-0.3, -0.25) is 4.68 Å². The van der Waals surface area contributed by atoms with Gasteiger partial charge in [-0.25, -0.2) is 4.98 Å². The minimum Gasteiger partial charge on any atom is -0.550 e. The van der Waals surface area contributed by atoms with E-state index in [1.165, 1.54) is 11.3 Å². The number of aliphatic carboxylic acids is 1. The quantitative estimate of drug-likeness (QED) is 0.614. The van der Waals surface area contributed by atoms with E-state index in [2.05, 4.69) is 17.0 Å². The molecular formula is C19H19ClN3O2S-. The normalized spacial score (nSPS) is 12.0. The van der Waals surface area contributed by atoms with Crippen LogP contribution in [0.25, 0.3) is 21.9 Å². The van der Waals surface area contributed by atoms with Crippen molar-refractivity contribution < 1.29 is 9.90 Å². The van der Waals surface area contributed by atoms with Crippen LogP contribution in [0.2, 0.25) is 5.15 Å². The average molecular weight is 389 g/mol. The molecule has 2 heterocycles. The lowest BCUT2D eigenvalue weighted by Crippen LogP contribution is -2.22. The first-order chi connectivity index (χ1) is 12.5. The Morgan fingerprint density at radius 2 is 2.15 bits per heavy atom. The molecule has 5 nitrogen and oxygen atoms in total. The molecule has 3 rings (SSSR count). The number of hydrogen-bond acceptors (Lipinski definition) is 5. The Morgan fingerprint density at radius 3 is 2.85 bits per heavy atom. The lowest BCUT2D eigenvalue weighted by molar-refractivity contribution is -0.304. The number of carbonyl (C=O) groups excluding carboxylic acids is 1. The Hall–Kier alpha value is -2.18. The number of hydrogen-bond donors (Lipinski definition) is 0. The number of aromatic nitrogens is 3. The standard InChI is InChI=1S/C19H20ClN3O2S/c1-3-4-9-23-18(20)14(12(2)22-23)10-13(11-17(24)25)19-21-15-7-5-6-8-16(15)26-19/h5-8,10H,3-4,9,11H2,1-2H3,(H,24,25)/p-1/b13-10+. The summed E-state index contributed by atoms with van der Waals surface area (Å²) in [6.07, 6.45) is 3.58. The first-order valence-corrected chi connectivity index (χ1v) is 9.68. The highest BCUT2D eigenvalue weighted by Gasteiger charge is 2.15. The summed E-state index contributed by atoms with van der Waals surface area (Å²) in [6.45, 7) is 4.71. The maximum Gasteiger partial charge on any atom is 0.134 e. The Kier molecular flexibility index (Phi) is 5.74. The predicted molar refractivity (Wildman–Crippen MR) is 104 cm³/mol. The van der Waals surface area contributed by atoms with Crippen LogP contribution >= 0.6 is 22.9 Å². The molecule has 0 atom stereocenters. The molecule has 0 N–H and O–H groups in total. The molecule has 7 heteroatoms. The molecule has 0 saturated heterocycles. The van der Waals surface area contributed by atoms with Gasteiger partial charge < -0.3 is 9.90 Å². The molecule has 136 valence electrons. The SMILES string of the molecule is CCCCn1nc(C)c(/C=C(\CC(=O)[O-])c2nc3ccccc3s2)c1Cl. The first kappa shape index (κ1) is 18.6. The molecule has 0 saturated carbocycles. The van der Waals surface area contributed by atoms with Crippen molar-refractivity contribution >= 4 is 50.8 Å². The van der Waals surface area contributed by atoms with Crippen LogP contribution in [0.4, 0.5) is 0 Å². The number of para-hydroxylation sites is 1. The van der Waals surface area contributed by atoms with Crippen molar-refractivity contribution in [2.45, 2.75) is 39.7 Å². The molecule has 0 aliphatic carbocycles. The van der Waals surface area contributed by atoms with Gasteiger partial charge in [0.2, 0.25) is 0 Å². The van der Waals surface area contributed by atoms with E-state index in [1.807, 2.05) is 31.2 Å². The summed E-state index contributed by atoms with van der Waals surface area (Å²) in [7, 11) is 0. The number of benzene rings is 1. The van der Waals surface area contributed by atoms with Crippen molar-refractivity contribution in [1.29, 1.82) is 0 Å². The van der Waals surface area contributed by atoms with Crippen molar-refractivity contribution in [3.63, 3.8) is 0 Å². The fourth-order valence-corrected chi connectivity index (χ4v) is 4.01. The van der Waals surface area contributed by atoms with E-state index < -0.39 is 5.97 Å². The van der Waals surface area contributed by atoms with Gasteiger partial charge in [-0.2, -0.15) is 5.10 Å². The third-order valence-electron chi connectivity index (χ3n) is 4.05. The summed E-state index contributed by atoms with van der Waals surface area (Å²) in [5.74, 6) is -1.15. The second kappa shape index (κ2) is 8.01. The molecule has 0 spiro atoms. The Labute approximate surface area is 160 Å². The van der Waals surface area contributed by atoms with Gasteiger partial charge in [0, 0.05) is 24.5 Å². The molecule has 3 aromatic rings. The smallest absolute Gasteiger partial charge is 0.134 e. The molecule has 0 fully saturated rings. The van der Waals surface area contributed by atoms with Crippen LogP contribution in [-0.4, -0.2) is 20.7 Å². The highest BCUT2D eigenvalue weighted by molar-refractivity contribution is 7.19. The lowest BCUT2D eigenvalue weighted by atomic mass is 10.1. The molecule has 0 radical (unpaired) electrons. The minimum absolute atomic E-state index is 0.226. The molecule has 0 amide bonds. The number of nitrogens with zero attached hydrogens (tertiary/aromatic N) is 3. The van der Waals surface area contributed by atoms with Crippen molar-refractivity contribution in [1.82, 2.24) is 14.8 Å². The van der Waals surface area contributed by atoms with Gasteiger partial charge in [0.05, 0.1) is 15.9 Å². The Morgan fingerprint density at radius 1 is 1.38 bits per heavy atom. The number of unbranched alkanes of at least 4 members (excludes halogenated alkanes) is 1. The fourth-order valence-electron chi connectivity index (χ4n) is 2.71. The van der Waals surface area contributed by atoms with Crippen LogP contribution in [0.1, 0.15) is 42.5 Å². The lowest BCUT2D eigenvalue weighted by Gasteiger charge is -2.06. The number of fused-ring (bicyclic) bond motifs is 1. The Bertz CT molecular complexity index is 941. The van der Waals surface area contributed by atoms with Crippen LogP contribution in [0.15, 0.2) is 24.3 Å². The van der Waals surface area contributed by atoms with E-state index in [1.54, 1.807) is 10.8 Å². The fraction of sp³-hybridized carbons (Fsp3) is 0.316. The van der Waals surface area contributed by atoms with Crippen molar-refractivity contribution in [2.75, 3.05) is 0 Å². The van der Waals surface area contributed by atoms with Crippen molar-refractivity contribution in [3.8, 4) is 0 Å². The van der Waals surface area contributed by atoms with E-state index in [9.17, 15) is 9.90 Å². The highest BCUT2D eigenvalue weighted by atomic mass is 35.5. The van der Waals surface area contributed by atoms with Crippen LogP contribution < -0.4 is 5.11 Å². The summed E-state index contributed by atoms with van der Waals surface area (Å²) in [6, 6.07) is 7.72. The van der Waals surface area contributed by atoms with Gasteiger partial charge >= 0.3 is 0 Å². The monoisotopic (exact) mass is 388 g/mol. The number of carbonyl (C=O) groups is 1. The summed E-state index contributed by atoms with van der Waals surface area (Å²) >= 11 is 7.95. The molecule has 0 aliphatic heterocycles. The third kappa shape index (κ3) is 3.97. The van der Waals surface area contributed by atoms with Gasteiger partial charge in [0.1, 0.15) is 10.2 Å². The van der Waals surface area contributed by atoms with Crippen LogP contribution in [0.5, 0.6) is 0 Å². The molecule has 2 aromatic heterocycles. The summed E-state index contributed by atoms with van der Waals surface area (Å²) < 4.78 is 2.77. The van der Waals surface area contributed by atoms with Crippen LogP contribution in [0, 0.1) is 6.92 Å². The van der Waals surface area contributed by atoms with E-state index in [-0.39, 0.29) is 6.42 Å². The zero-order valence-corrected chi connectivity index (χ0v) is 16.2. The molecule has 0 bridgehead atoms. The molecular weight excluding hydrogens is 370 g/mol. The summed E-state index contributed by atoms with van der Waals surface area (Å²) in [5, 5.41) is 16.9. The van der Waals surface area contributed by atoms with E-state index in [0.717, 1.165) is 40.9 Å². The largest absolute Gasteiger partial charge is 0.550 e. The topological polar surface area (TPSA) is 70.8 Å². The van der Waals surface area contributed by atoms with Gasteiger partial charge in [0.15, 0.2) is 0 Å². The van der Waals surface area contributed by atoms with E-state index in [0.29, 0.717) is 15.7 Å². The number of aryl methyl sites for hydroxylation is 2. The molecule has 1 aromatic carbocycles. The zero-order chi connectivity index (χ0) is 18.7. The van der Waals surface area contributed by atoms with E-state index in [4.69, 9.17) is 11.6 Å². The highest BCUT2D eigenvalue weighted by Crippen LogP contribution is 2.32. The second-order valence-corrected chi connectivity index (χ2v) is 7.46. The number of rotatable bonds is 7. The number of thiazole rings is 1. The van der Waals surface area contributed by atoms with Crippen molar-refractivity contribution in [2.24, 2.45) is 0 Å². The minimum atomic E-state index is -1.15. The third-order valence-corrected chi connectivity index (χ3v) is 5.57. The average Bonchev–Trinajstić information content (AvgIpc) is 3.15. The molecule has 0 unspecified atom stereocenters. The summed E-state index contributed by atoms with van der Waals surface area (Å²) in [5.41, 5.74) is 2.92. The van der Waals surface area contributed by atoms with Gasteiger partial charge in [-0.1, -0.05) is 37.1 Å². The zero-order valence-electron chi connectivity index (χ0n) is 14.7. The number of carboxylic acid groups (broad SMARTS) is 1. The number of carboxylic acids is 1. The molecule has 0 aliphatic rings. The van der Waals surface area contributed by atoms with Crippen molar-refractivity contribution in [3.05, 3.63) is 45.7 Å². The predicted octanol–water partition coefficient (Wildman–Crippen LogP) is 3.94. The van der Waals surface area contributed by atoms with E-state index >= 15 is 0 Å². The number of halogens is 1. The maximum absolute atomic E-state index is 11.3. The Balaban J connectivity index is 2.05. The van der Waals surface area contributed by atoms with Gasteiger partial charge in [-0.05, 0) is 37.1 Å². The summed E-state index contributed by atoms with van der Waals surface area (Å²) in [4.78, 5) is 15.8. The van der Waals surface area contributed by atoms with Gasteiger partial charge in [-0.15, -0.1) is 11.3 Å². The van der Waals surface area contributed by atoms with Crippen LogP contribution in [-0.2, 0) is 11.3 Å². The second-order valence-electron chi connectivity index (χ2n) is 6.07.